The number of rotatable bonds is 4. The lowest BCUT2D eigenvalue weighted by atomic mass is 9.93. The molecule has 0 aliphatic rings. The highest BCUT2D eigenvalue weighted by molar-refractivity contribution is 5.90. The molecule has 0 atom stereocenters. The standard InChI is InChI=1S/C10H19N5O/c1-7-12-8(14-13-7)9(16)15(4)6-10(2,3)5-11/h5-6,11H2,1-4H3,(H,12,13,14). The molecule has 0 radical (unpaired) electrons. The van der Waals surface area contributed by atoms with E-state index in [1.165, 1.54) is 0 Å². The van der Waals surface area contributed by atoms with Gasteiger partial charge in [0.15, 0.2) is 0 Å². The van der Waals surface area contributed by atoms with E-state index < -0.39 is 0 Å². The van der Waals surface area contributed by atoms with E-state index >= 15 is 0 Å². The van der Waals surface area contributed by atoms with Crippen LogP contribution in [-0.2, 0) is 0 Å². The number of nitrogens with one attached hydrogen (secondary N) is 1. The number of carbonyl (C=O) groups is 1. The first-order chi connectivity index (χ1) is 7.35. The van der Waals surface area contributed by atoms with Gasteiger partial charge in [0, 0.05) is 13.6 Å². The van der Waals surface area contributed by atoms with Crippen molar-refractivity contribution in [3.05, 3.63) is 11.6 Å². The molecule has 1 rings (SSSR count). The van der Waals surface area contributed by atoms with Crippen molar-refractivity contribution in [3.8, 4) is 0 Å². The highest BCUT2D eigenvalue weighted by Gasteiger charge is 2.23. The highest BCUT2D eigenvalue weighted by Crippen LogP contribution is 2.14. The van der Waals surface area contributed by atoms with Gasteiger partial charge in [-0.3, -0.25) is 9.89 Å². The molecule has 0 unspecified atom stereocenters. The fraction of sp³-hybridized carbons (Fsp3) is 0.700. The van der Waals surface area contributed by atoms with Crippen LogP contribution in [0.4, 0.5) is 0 Å². The van der Waals surface area contributed by atoms with Crippen LogP contribution in [-0.4, -0.2) is 46.1 Å². The highest BCUT2D eigenvalue weighted by atomic mass is 16.2. The van der Waals surface area contributed by atoms with E-state index in [1.807, 2.05) is 13.8 Å². The Balaban J connectivity index is 2.68. The molecule has 6 nitrogen and oxygen atoms in total. The second-order valence-corrected chi connectivity index (χ2v) is 4.77. The fourth-order valence-corrected chi connectivity index (χ4v) is 1.39. The third-order valence-corrected chi connectivity index (χ3v) is 2.35. The normalized spacial score (nSPS) is 11.6. The average molecular weight is 225 g/mol. The van der Waals surface area contributed by atoms with E-state index in [0.29, 0.717) is 18.9 Å². The molecule has 1 amide bonds. The zero-order valence-corrected chi connectivity index (χ0v) is 10.2. The number of nitrogens with zero attached hydrogens (tertiary/aromatic N) is 3. The van der Waals surface area contributed by atoms with Gasteiger partial charge >= 0.3 is 0 Å². The minimum atomic E-state index is -0.189. The number of aromatic nitrogens is 3. The van der Waals surface area contributed by atoms with Crippen LogP contribution in [0.25, 0.3) is 0 Å². The van der Waals surface area contributed by atoms with E-state index in [0.717, 1.165) is 0 Å². The Bertz CT molecular complexity index is 371. The van der Waals surface area contributed by atoms with Gasteiger partial charge in [0.2, 0.25) is 5.82 Å². The number of carbonyl (C=O) groups excluding carboxylic acids is 1. The number of aromatic amines is 1. The predicted octanol–water partition coefficient (Wildman–Crippen LogP) is 0.170. The number of aryl methyl sites for hydroxylation is 1. The number of amides is 1. The molecule has 6 heteroatoms. The molecule has 0 fully saturated rings. The van der Waals surface area contributed by atoms with Gasteiger partial charge in [0.25, 0.3) is 5.91 Å². The molecule has 0 saturated heterocycles. The van der Waals surface area contributed by atoms with Crippen LogP contribution in [0.2, 0.25) is 0 Å². The van der Waals surface area contributed by atoms with Crippen LogP contribution in [0.15, 0.2) is 0 Å². The molecule has 1 aromatic rings. The van der Waals surface area contributed by atoms with Gasteiger partial charge in [0.1, 0.15) is 5.82 Å². The smallest absolute Gasteiger partial charge is 0.293 e. The Labute approximate surface area is 95.2 Å². The molecule has 0 aliphatic carbocycles. The van der Waals surface area contributed by atoms with Crippen molar-refractivity contribution in [1.82, 2.24) is 20.1 Å². The van der Waals surface area contributed by atoms with Gasteiger partial charge in [-0.15, -0.1) is 5.10 Å². The summed E-state index contributed by atoms with van der Waals surface area (Å²) in [7, 11) is 1.73. The molecule has 90 valence electrons. The molecule has 0 aliphatic heterocycles. The van der Waals surface area contributed by atoms with E-state index in [4.69, 9.17) is 5.73 Å². The van der Waals surface area contributed by atoms with E-state index in [1.54, 1.807) is 18.9 Å². The zero-order valence-electron chi connectivity index (χ0n) is 10.2. The molecular weight excluding hydrogens is 206 g/mol. The Kier molecular flexibility index (Phi) is 3.64. The summed E-state index contributed by atoms with van der Waals surface area (Å²) in [6.45, 7) is 6.89. The summed E-state index contributed by atoms with van der Waals surface area (Å²) in [5, 5.41) is 6.48. The van der Waals surface area contributed by atoms with Crippen molar-refractivity contribution in [1.29, 1.82) is 0 Å². The van der Waals surface area contributed by atoms with Gasteiger partial charge in [-0.2, -0.15) is 0 Å². The molecule has 0 aromatic carbocycles. The summed E-state index contributed by atoms with van der Waals surface area (Å²) in [6.07, 6.45) is 0. The molecule has 0 saturated carbocycles. The van der Waals surface area contributed by atoms with Crippen molar-refractivity contribution in [2.24, 2.45) is 11.1 Å². The molecule has 0 bridgehead atoms. The first-order valence-corrected chi connectivity index (χ1v) is 5.20. The minimum Gasteiger partial charge on any atom is -0.338 e. The number of hydrogen-bond donors (Lipinski definition) is 2. The maximum absolute atomic E-state index is 11.9. The zero-order chi connectivity index (χ0) is 12.3. The SMILES string of the molecule is Cc1nc(C(=O)N(C)CC(C)(C)CN)n[nH]1. The molecule has 0 spiro atoms. The molecule has 3 N–H and O–H groups in total. The number of H-pyrrole nitrogens is 1. The molecule has 16 heavy (non-hydrogen) atoms. The van der Waals surface area contributed by atoms with Gasteiger partial charge in [-0.25, -0.2) is 4.98 Å². The lowest BCUT2D eigenvalue weighted by Crippen LogP contribution is -2.40. The summed E-state index contributed by atoms with van der Waals surface area (Å²) < 4.78 is 0. The fourth-order valence-electron chi connectivity index (χ4n) is 1.39. The minimum absolute atomic E-state index is 0.101. The monoisotopic (exact) mass is 225 g/mol. The predicted molar refractivity (Wildman–Crippen MR) is 60.9 cm³/mol. The first kappa shape index (κ1) is 12.6. The maximum atomic E-state index is 11.9. The second-order valence-electron chi connectivity index (χ2n) is 4.77. The molecule has 1 heterocycles. The Morgan fingerprint density at radius 2 is 2.19 bits per heavy atom. The Morgan fingerprint density at radius 3 is 2.62 bits per heavy atom. The van der Waals surface area contributed by atoms with Crippen LogP contribution in [0.3, 0.4) is 0 Å². The van der Waals surface area contributed by atoms with Crippen molar-refractivity contribution in [2.75, 3.05) is 20.1 Å². The lowest BCUT2D eigenvalue weighted by molar-refractivity contribution is 0.0729. The topological polar surface area (TPSA) is 87.9 Å². The van der Waals surface area contributed by atoms with Gasteiger partial charge in [-0.05, 0) is 18.9 Å². The number of hydrogen-bond acceptors (Lipinski definition) is 4. The summed E-state index contributed by atoms with van der Waals surface area (Å²) in [5.74, 6) is 0.647. The van der Waals surface area contributed by atoms with Crippen molar-refractivity contribution < 1.29 is 4.79 Å². The van der Waals surface area contributed by atoms with Crippen LogP contribution in [0.1, 0.15) is 30.3 Å². The lowest BCUT2D eigenvalue weighted by Gasteiger charge is -2.28. The Hall–Kier alpha value is -1.43. The van der Waals surface area contributed by atoms with E-state index in [2.05, 4.69) is 15.2 Å². The second kappa shape index (κ2) is 4.61. The summed E-state index contributed by atoms with van der Waals surface area (Å²) in [4.78, 5) is 17.5. The molecule has 1 aromatic heterocycles. The maximum Gasteiger partial charge on any atom is 0.293 e. The van der Waals surface area contributed by atoms with E-state index in [-0.39, 0.29) is 17.1 Å². The van der Waals surface area contributed by atoms with Crippen LogP contribution < -0.4 is 5.73 Å². The van der Waals surface area contributed by atoms with Gasteiger partial charge in [0.05, 0.1) is 0 Å². The largest absolute Gasteiger partial charge is 0.338 e. The average Bonchev–Trinajstić information content (AvgIpc) is 2.63. The van der Waals surface area contributed by atoms with Crippen LogP contribution >= 0.6 is 0 Å². The first-order valence-electron chi connectivity index (χ1n) is 5.20. The van der Waals surface area contributed by atoms with Gasteiger partial charge in [-0.1, -0.05) is 13.8 Å². The number of nitrogens with two attached hydrogens (primary N) is 1. The third kappa shape index (κ3) is 3.03. The van der Waals surface area contributed by atoms with Crippen LogP contribution in [0.5, 0.6) is 0 Å². The Morgan fingerprint density at radius 1 is 1.56 bits per heavy atom. The van der Waals surface area contributed by atoms with E-state index in [9.17, 15) is 4.79 Å². The third-order valence-electron chi connectivity index (χ3n) is 2.35. The van der Waals surface area contributed by atoms with Crippen molar-refractivity contribution >= 4 is 5.91 Å². The van der Waals surface area contributed by atoms with Crippen molar-refractivity contribution in [2.45, 2.75) is 20.8 Å². The summed E-state index contributed by atoms with van der Waals surface area (Å²) in [6, 6.07) is 0. The molecular formula is C10H19N5O. The van der Waals surface area contributed by atoms with Gasteiger partial charge < -0.3 is 10.6 Å². The van der Waals surface area contributed by atoms with Crippen molar-refractivity contribution in [3.63, 3.8) is 0 Å². The summed E-state index contributed by atoms with van der Waals surface area (Å²) >= 11 is 0. The quantitative estimate of drug-likeness (QED) is 0.764. The summed E-state index contributed by atoms with van der Waals surface area (Å²) in [5.41, 5.74) is 5.52. The van der Waals surface area contributed by atoms with Crippen LogP contribution in [0, 0.1) is 12.3 Å².